The summed E-state index contributed by atoms with van der Waals surface area (Å²) < 4.78 is 0. The van der Waals surface area contributed by atoms with E-state index >= 15 is 0 Å². The van der Waals surface area contributed by atoms with Gasteiger partial charge in [-0.1, -0.05) is 36.4 Å². The van der Waals surface area contributed by atoms with Crippen LogP contribution in [-0.2, 0) is 0 Å². The second-order valence-corrected chi connectivity index (χ2v) is 4.19. The van der Waals surface area contributed by atoms with Gasteiger partial charge >= 0.3 is 0 Å². The molecule has 0 bridgehead atoms. The standard InChI is InChI=1S/C15H10N2O2/c18-17(19)15-7-3-6-14-13(15)9-8-11-4-1-2-5-12(11)10-16-14/h1-10H/b9-8?,11-8-,12-10-,13-9+,16-10?,16-14-. The van der Waals surface area contributed by atoms with Crippen molar-refractivity contribution in [2.24, 2.45) is 4.99 Å². The molecule has 3 rings (SSSR count). The predicted molar refractivity (Wildman–Crippen MR) is 73.0 cm³/mol. The molecule has 1 aliphatic rings. The van der Waals surface area contributed by atoms with Crippen molar-refractivity contribution in [1.29, 1.82) is 0 Å². The molecule has 0 unspecified atom stereocenters. The van der Waals surface area contributed by atoms with Crippen LogP contribution in [-0.4, -0.2) is 4.92 Å². The summed E-state index contributed by atoms with van der Waals surface area (Å²) in [7, 11) is 0. The van der Waals surface area contributed by atoms with Crippen LogP contribution in [0.15, 0.2) is 47.5 Å². The van der Waals surface area contributed by atoms with Gasteiger partial charge in [0.2, 0.25) is 0 Å². The highest BCUT2D eigenvalue weighted by Gasteiger charge is 2.08. The fourth-order valence-electron chi connectivity index (χ4n) is 2.08. The van der Waals surface area contributed by atoms with Crippen molar-refractivity contribution in [2.75, 3.05) is 0 Å². The van der Waals surface area contributed by atoms with Crippen LogP contribution in [0.2, 0.25) is 0 Å². The van der Waals surface area contributed by atoms with Gasteiger partial charge in [-0.25, -0.2) is 0 Å². The summed E-state index contributed by atoms with van der Waals surface area (Å²) in [6, 6.07) is 12.7. The Morgan fingerprint density at radius 2 is 1.74 bits per heavy atom. The highest BCUT2D eigenvalue weighted by Crippen LogP contribution is 1.99. The molecule has 0 saturated carbocycles. The van der Waals surface area contributed by atoms with Crippen molar-refractivity contribution in [2.45, 2.75) is 0 Å². The minimum atomic E-state index is -0.383. The first-order valence-electron chi connectivity index (χ1n) is 5.84. The van der Waals surface area contributed by atoms with Crippen LogP contribution in [0.25, 0.3) is 18.4 Å². The van der Waals surface area contributed by atoms with Gasteiger partial charge in [0.25, 0.3) is 5.69 Å². The van der Waals surface area contributed by atoms with Crippen molar-refractivity contribution >= 4 is 24.0 Å². The highest BCUT2D eigenvalue weighted by molar-refractivity contribution is 5.64. The Hall–Kier alpha value is -2.75. The molecule has 19 heavy (non-hydrogen) atoms. The van der Waals surface area contributed by atoms with Crippen LogP contribution in [0.3, 0.4) is 0 Å². The molecule has 4 heteroatoms. The lowest BCUT2D eigenvalue weighted by molar-refractivity contribution is -0.386. The lowest BCUT2D eigenvalue weighted by atomic mass is 10.1. The average Bonchev–Trinajstić information content (AvgIpc) is 2.40. The zero-order chi connectivity index (χ0) is 13.2. The van der Waals surface area contributed by atoms with E-state index in [4.69, 9.17) is 0 Å². The Kier molecular flexibility index (Phi) is 2.68. The Bertz CT molecular complexity index is 898. The van der Waals surface area contributed by atoms with E-state index in [9.17, 15) is 10.1 Å². The van der Waals surface area contributed by atoms with Crippen molar-refractivity contribution in [3.63, 3.8) is 0 Å². The van der Waals surface area contributed by atoms with E-state index in [2.05, 4.69) is 4.99 Å². The number of fused-ring (bicyclic) bond motifs is 2. The number of rotatable bonds is 1. The number of hydrogen-bond acceptors (Lipinski definition) is 3. The molecule has 0 amide bonds. The number of hydrogen-bond donors (Lipinski definition) is 0. The number of nitro benzene ring substituents is 1. The third-order valence-corrected chi connectivity index (χ3v) is 3.03. The maximum atomic E-state index is 11.0. The molecule has 0 aliphatic carbocycles. The van der Waals surface area contributed by atoms with Gasteiger partial charge in [-0.05, 0) is 22.6 Å². The van der Waals surface area contributed by atoms with E-state index in [1.54, 1.807) is 24.4 Å². The largest absolute Gasteiger partial charge is 0.278 e. The maximum Gasteiger partial charge on any atom is 0.278 e. The predicted octanol–water partition coefficient (Wildman–Crippen LogP) is 0.227. The van der Waals surface area contributed by atoms with Gasteiger partial charge in [0.15, 0.2) is 0 Å². The number of nitrogens with zero attached hydrogens (tertiary/aromatic N) is 2. The van der Waals surface area contributed by atoms with Crippen LogP contribution in [0.1, 0.15) is 0 Å². The summed E-state index contributed by atoms with van der Waals surface area (Å²) in [5.74, 6) is 0. The molecule has 2 aromatic rings. The maximum absolute atomic E-state index is 11.0. The summed E-state index contributed by atoms with van der Waals surface area (Å²) in [4.78, 5) is 15.0. The Morgan fingerprint density at radius 1 is 0.947 bits per heavy atom. The van der Waals surface area contributed by atoms with Crippen LogP contribution in [0.4, 0.5) is 5.69 Å². The molecule has 0 spiro atoms. The summed E-state index contributed by atoms with van der Waals surface area (Å²) in [5, 5.41) is 14.2. The number of nitro groups is 1. The highest BCUT2D eigenvalue weighted by atomic mass is 16.6. The first-order valence-corrected chi connectivity index (χ1v) is 5.84. The molecular weight excluding hydrogens is 240 g/mol. The van der Waals surface area contributed by atoms with E-state index in [0.717, 1.165) is 10.4 Å². The van der Waals surface area contributed by atoms with E-state index < -0.39 is 0 Å². The first kappa shape index (κ1) is 11.3. The normalized spacial score (nSPS) is 19.4. The summed E-state index contributed by atoms with van der Waals surface area (Å²) >= 11 is 0. The van der Waals surface area contributed by atoms with E-state index in [-0.39, 0.29) is 10.6 Å². The van der Waals surface area contributed by atoms with Crippen molar-refractivity contribution in [3.8, 4) is 0 Å². The van der Waals surface area contributed by atoms with Crippen LogP contribution >= 0.6 is 0 Å². The van der Waals surface area contributed by atoms with Gasteiger partial charge < -0.3 is 0 Å². The molecule has 0 saturated heterocycles. The molecule has 4 nitrogen and oxygen atoms in total. The Labute approximate surface area is 108 Å². The molecule has 0 atom stereocenters. The first-order chi connectivity index (χ1) is 9.25. The lowest BCUT2D eigenvalue weighted by Crippen LogP contribution is -2.31. The zero-order valence-corrected chi connectivity index (χ0v) is 9.98. The van der Waals surface area contributed by atoms with Crippen molar-refractivity contribution in [3.05, 3.63) is 73.6 Å². The molecule has 1 aliphatic heterocycles. The quantitative estimate of drug-likeness (QED) is 0.537. The minimum absolute atomic E-state index is 0.0743. The van der Waals surface area contributed by atoms with Gasteiger partial charge in [-0.3, -0.25) is 15.1 Å². The zero-order valence-electron chi connectivity index (χ0n) is 9.98. The molecular formula is C15H10N2O2. The molecule has 0 aromatic heterocycles. The van der Waals surface area contributed by atoms with E-state index in [1.165, 1.54) is 6.07 Å². The van der Waals surface area contributed by atoms with Gasteiger partial charge in [-0.2, -0.15) is 0 Å². The average molecular weight is 250 g/mol. The van der Waals surface area contributed by atoms with E-state index in [0.29, 0.717) is 10.6 Å². The van der Waals surface area contributed by atoms with Crippen LogP contribution in [0, 0.1) is 10.1 Å². The Morgan fingerprint density at radius 3 is 2.53 bits per heavy atom. The molecule has 0 N–H and O–H groups in total. The van der Waals surface area contributed by atoms with Gasteiger partial charge in [0, 0.05) is 12.3 Å². The number of non-ortho nitro benzene ring substituents is 1. The monoisotopic (exact) mass is 250 g/mol. The molecule has 2 aromatic carbocycles. The van der Waals surface area contributed by atoms with Crippen LogP contribution in [0.5, 0.6) is 0 Å². The topological polar surface area (TPSA) is 55.5 Å². The second kappa shape index (κ2) is 4.49. The third-order valence-electron chi connectivity index (χ3n) is 3.03. The Balaban J connectivity index is 2.44. The second-order valence-electron chi connectivity index (χ2n) is 4.19. The van der Waals surface area contributed by atoms with E-state index in [1.807, 2.05) is 30.3 Å². The summed E-state index contributed by atoms with van der Waals surface area (Å²) in [6.45, 7) is 0. The van der Waals surface area contributed by atoms with Crippen LogP contribution < -0.4 is 21.0 Å². The number of benzene rings is 2. The smallest absolute Gasteiger partial charge is 0.258 e. The van der Waals surface area contributed by atoms with Crippen molar-refractivity contribution < 1.29 is 4.92 Å². The summed E-state index contributed by atoms with van der Waals surface area (Å²) in [5.41, 5.74) is 0.0743. The third kappa shape index (κ3) is 2.04. The van der Waals surface area contributed by atoms with Crippen molar-refractivity contribution in [1.82, 2.24) is 0 Å². The molecule has 0 radical (unpaired) electrons. The minimum Gasteiger partial charge on any atom is -0.258 e. The summed E-state index contributed by atoms with van der Waals surface area (Å²) in [6.07, 6.45) is 5.37. The van der Waals surface area contributed by atoms with Gasteiger partial charge in [0.05, 0.1) is 15.5 Å². The fraction of sp³-hybridized carbons (Fsp3) is 0. The molecule has 0 fully saturated rings. The molecule has 92 valence electrons. The molecule has 1 heterocycles. The SMILES string of the molecule is O=[N+]([O-])c1cccc2/c1=C\C=c1\cccc\c1=C\N=2. The fourth-order valence-corrected chi connectivity index (χ4v) is 2.08. The van der Waals surface area contributed by atoms with Gasteiger partial charge in [0.1, 0.15) is 0 Å². The van der Waals surface area contributed by atoms with Gasteiger partial charge in [-0.15, -0.1) is 0 Å². The lowest BCUT2D eigenvalue weighted by Gasteiger charge is -1.96.